The Hall–Kier alpha value is -0.130. The monoisotopic (exact) mass is 219 g/mol. The highest BCUT2D eigenvalue weighted by Crippen LogP contribution is 2.48. The van der Waals surface area contributed by atoms with E-state index in [9.17, 15) is 8.42 Å². The second-order valence-corrected chi connectivity index (χ2v) is 6.03. The third-order valence-corrected chi connectivity index (χ3v) is 5.40. The normalized spacial score (nSPS) is 30.5. The van der Waals surface area contributed by atoms with E-state index in [-0.39, 0.29) is 17.3 Å². The van der Waals surface area contributed by atoms with E-state index in [1.165, 1.54) is 0 Å². The van der Waals surface area contributed by atoms with Crippen LogP contribution in [0.25, 0.3) is 0 Å². The lowest BCUT2D eigenvalue weighted by Crippen LogP contribution is -2.45. The number of nitrogens with one attached hydrogen (secondary N) is 1. The van der Waals surface area contributed by atoms with Crippen molar-refractivity contribution in [1.29, 1.82) is 0 Å². The molecule has 2 fully saturated rings. The first-order chi connectivity index (χ1) is 6.61. The first kappa shape index (κ1) is 10.4. The minimum Gasteiger partial charge on any atom is -0.315 e. The minimum absolute atomic E-state index is 0.00595. The van der Waals surface area contributed by atoms with Crippen LogP contribution >= 0.6 is 0 Å². The van der Waals surface area contributed by atoms with Crippen LogP contribution in [0.2, 0.25) is 0 Å². The first-order valence-corrected chi connectivity index (χ1v) is 6.67. The summed E-state index contributed by atoms with van der Waals surface area (Å²) < 4.78 is 28.4. The fourth-order valence-electron chi connectivity index (χ4n) is 2.57. The van der Waals surface area contributed by atoms with Crippen molar-refractivity contribution in [2.75, 3.05) is 19.7 Å². The van der Waals surface area contributed by atoms with E-state index >= 15 is 0 Å². The van der Waals surface area contributed by atoms with E-state index < -0.39 is 10.1 Å². The lowest BCUT2D eigenvalue weighted by molar-refractivity contribution is 0.157. The molecule has 1 spiro atoms. The summed E-state index contributed by atoms with van der Waals surface area (Å²) >= 11 is 0. The van der Waals surface area contributed by atoms with Gasteiger partial charge in [0.25, 0.3) is 10.1 Å². The summed E-state index contributed by atoms with van der Waals surface area (Å²) in [6.07, 6.45) is 3.20. The highest BCUT2D eigenvalue weighted by Gasteiger charge is 2.53. The third kappa shape index (κ3) is 1.47. The zero-order valence-electron chi connectivity index (χ0n) is 8.45. The predicted octanol–water partition coefficient (Wildman–Crippen LogP) is 0.495. The quantitative estimate of drug-likeness (QED) is 0.702. The van der Waals surface area contributed by atoms with Crippen molar-refractivity contribution >= 4 is 10.1 Å². The van der Waals surface area contributed by atoms with Crippen LogP contribution in [0, 0.1) is 5.41 Å². The van der Waals surface area contributed by atoms with Crippen molar-refractivity contribution in [3.63, 3.8) is 0 Å². The zero-order chi connectivity index (χ0) is 10.2. The van der Waals surface area contributed by atoms with Gasteiger partial charge in [0.2, 0.25) is 0 Å². The second-order valence-electron chi connectivity index (χ2n) is 4.23. The van der Waals surface area contributed by atoms with Crippen LogP contribution in [0.4, 0.5) is 0 Å². The number of hydrogen-bond acceptors (Lipinski definition) is 4. The number of rotatable bonds is 3. The van der Waals surface area contributed by atoms with E-state index in [0.717, 1.165) is 25.8 Å². The maximum atomic E-state index is 11.8. The van der Waals surface area contributed by atoms with E-state index in [4.69, 9.17) is 4.18 Å². The second kappa shape index (κ2) is 3.47. The van der Waals surface area contributed by atoms with Gasteiger partial charge in [0.15, 0.2) is 0 Å². The largest absolute Gasteiger partial charge is 0.315 e. The lowest BCUT2D eigenvalue weighted by Gasteiger charge is -2.41. The smallest absolute Gasteiger partial charge is 0.272 e. The van der Waals surface area contributed by atoms with E-state index in [1.807, 2.05) is 0 Å². The Morgan fingerprint density at radius 2 is 2.21 bits per heavy atom. The molecule has 0 radical (unpaired) electrons. The van der Waals surface area contributed by atoms with Crippen molar-refractivity contribution in [3.05, 3.63) is 0 Å². The molecule has 0 aromatic rings. The van der Waals surface area contributed by atoms with Crippen LogP contribution in [0.15, 0.2) is 0 Å². The molecule has 1 atom stereocenters. The number of hydrogen-bond donors (Lipinski definition) is 1. The molecule has 4 nitrogen and oxygen atoms in total. The fraction of sp³-hybridized carbons (Fsp3) is 1.00. The van der Waals surface area contributed by atoms with Gasteiger partial charge >= 0.3 is 0 Å². The van der Waals surface area contributed by atoms with Gasteiger partial charge in [0.1, 0.15) is 5.25 Å². The average Bonchev–Trinajstić information content (AvgIpc) is 2.46. The molecule has 1 N–H and O–H groups in total. The van der Waals surface area contributed by atoms with E-state index in [1.54, 1.807) is 6.92 Å². The van der Waals surface area contributed by atoms with Crippen LogP contribution in [0.3, 0.4) is 0 Å². The van der Waals surface area contributed by atoms with Crippen LogP contribution in [-0.4, -0.2) is 33.4 Å². The van der Waals surface area contributed by atoms with Gasteiger partial charge in [-0.2, -0.15) is 8.42 Å². The molecule has 1 aliphatic heterocycles. The van der Waals surface area contributed by atoms with Gasteiger partial charge < -0.3 is 5.32 Å². The van der Waals surface area contributed by atoms with Gasteiger partial charge in [-0.3, -0.25) is 4.18 Å². The van der Waals surface area contributed by atoms with Crippen LogP contribution in [-0.2, 0) is 14.3 Å². The molecule has 5 heteroatoms. The molecule has 2 aliphatic rings. The van der Waals surface area contributed by atoms with Crippen molar-refractivity contribution < 1.29 is 12.6 Å². The molecule has 0 aromatic carbocycles. The van der Waals surface area contributed by atoms with Gasteiger partial charge in [-0.1, -0.05) is 6.42 Å². The zero-order valence-corrected chi connectivity index (χ0v) is 9.27. The molecular weight excluding hydrogens is 202 g/mol. The van der Waals surface area contributed by atoms with Gasteiger partial charge in [-0.05, 0) is 19.8 Å². The molecule has 0 bridgehead atoms. The maximum absolute atomic E-state index is 11.8. The molecule has 0 amide bonds. The van der Waals surface area contributed by atoms with Crippen molar-refractivity contribution in [2.24, 2.45) is 5.41 Å². The molecule has 0 aromatic heterocycles. The fourth-order valence-corrected chi connectivity index (χ4v) is 4.31. The van der Waals surface area contributed by atoms with Gasteiger partial charge in [0, 0.05) is 18.5 Å². The highest BCUT2D eigenvalue weighted by molar-refractivity contribution is 7.87. The van der Waals surface area contributed by atoms with Crippen LogP contribution in [0.5, 0.6) is 0 Å². The molecule has 1 saturated carbocycles. The Kier molecular flexibility index (Phi) is 2.57. The van der Waals surface area contributed by atoms with E-state index in [0.29, 0.717) is 6.54 Å². The SMILES string of the molecule is CCOS(=O)(=O)C1CNCC12CCC2. The Balaban J connectivity index is 2.17. The van der Waals surface area contributed by atoms with Gasteiger partial charge in [0.05, 0.1) is 6.61 Å². The average molecular weight is 219 g/mol. The van der Waals surface area contributed by atoms with Crippen LogP contribution in [0.1, 0.15) is 26.2 Å². The molecule has 1 aliphatic carbocycles. The molecule has 82 valence electrons. The molecule has 14 heavy (non-hydrogen) atoms. The summed E-state index contributed by atoms with van der Waals surface area (Å²) in [5.41, 5.74) is -0.00595. The maximum Gasteiger partial charge on any atom is 0.272 e. The van der Waals surface area contributed by atoms with Crippen molar-refractivity contribution in [1.82, 2.24) is 5.32 Å². The highest BCUT2D eigenvalue weighted by atomic mass is 32.2. The molecule has 1 saturated heterocycles. The summed E-state index contributed by atoms with van der Waals surface area (Å²) in [6.45, 7) is 3.36. The summed E-state index contributed by atoms with van der Waals surface area (Å²) in [5.74, 6) is 0. The third-order valence-electron chi connectivity index (χ3n) is 3.47. The van der Waals surface area contributed by atoms with Crippen LogP contribution < -0.4 is 5.32 Å². The summed E-state index contributed by atoms with van der Waals surface area (Å²) in [7, 11) is -3.34. The lowest BCUT2D eigenvalue weighted by atomic mass is 9.68. The predicted molar refractivity (Wildman–Crippen MR) is 53.5 cm³/mol. The standard InChI is InChI=1S/C9H17NO3S/c1-2-13-14(11,12)8-6-10-7-9(8)4-3-5-9/h8,10H,2-7H2,1H3. The molecule has 1 heterocycles. The summed E-state index contributed by atoms with van der Waals surface area (Å²) in [6, 6.07) is 0. The molecular formula is C9H17NO3S. The summed E-state index contributed by atoms with van der Waals surface area (Å²) in [4.78, 5) is 0. The van der Waals surface area contributed by atoms with Crippen molar-refractivity contribution in [3.8, 4) is 0 Å². The minimum atomic E-state index is -3.34. The first-order valence-electron chi connectivity index (χ1n) is 5.20. The molecule has 2 rings (SSSR count). The van der Waals surface area contributed by atoms with Gasteiger partial charge in [-0.15, -0.1) is 0 Å². The topological polar surface area (TPSA) is 55.4 Å². The molecule has 1 unspecified atom stereocenters. The Bertz CT molecular complexity index is 308. The Morgan fingerprint density at radius 1 is 1.50 bits per heavy atom. The Labute approximate surface area is 85.1 Å². The Morgan fingerprint density at radius 3 is 2.71 bits per heavy atom. The van der Waals surface area contributed by atoms with Crippen molar-refractivity contribution in [2.45, 2.75) is 31.4 Å². The van der Waals surface area contributed by atoms with E-state index in [2.05, 4.69) is 5.32 Å². The van der Waals surface area contributed by atoms with Gasteiger partial charge in [-0.25, -0.2) is 0 Å². The summed E-state index contributed by atoms with van der Waals surface area (Å²) in [5, 5.41) is 2.85.